The van der Waals surface area contributed by atoms with Gasteiger partial charge in [-0.05, 0) is 53.9 Å². The number of carbonyl (C=O) groups is 1. The number of methoxy groups -OCH3 is 1. The number of nitrogens with zero attached hydrogens (tertiary/aromatic N) is 3. The Bertz CT molecular complexity index is 1120. The minimum absolute atomic E-state index is 0.312. The van der Waals surface area contributed by atoms with E-state index in [2.05, 4.69) is 15.4 Å². The predicted molar refractivity (Wildman–Crippen MR) is 115 cm³/mol. The largest absolute Gasteiger partial charge is 0.497 e. The van der Waals surface area contributed by atoms with Gasteiger partial charge in [-0.25, -0.2) is 0 Å². The van der Waals surface area contributed by atoms with E-state index in [1.807, 2.05) is 41.8 Å². The summed E-state index contributed by atoms with van der Waals surface area (Å²) in [6, 6.07) is 18.1. The molecule has 0 aliphatic rings. The molecule has 4 aromatic rings. The van der Waals surface area contributed by atoms with Gasteiger partial charge in [0.2, 0.25) is 5.95 Å². The highest BCUT2D eigenvalue weighted by molar-refractivity contribution is 7.09. The molecule has 0 fully saturated rings. The number of anilines is 1. The van der Waals surface area contributed by atoms with E-state index in [-0.39, 0.29) is 5.91 Å². The lowest BCUT2D eigenvalue weighted by atomic mass is 10.2. The molecule has 0 saturated carbocycles. The van der Waals surface area contributed by atoms with Gasteiger partial charge in [0.25, 0.3) is 5.91 Å². The molecule has 1 N–H and O–H groups in total. The first-order valence-electron chi connectivity index (χ1n) is 8.82. The van der Waals surface area contributed by atoms with Crippen LogP contribution in [-0.4, -0.2) is 27.8 Å². The molecule has 2 aromatic heterocycles. The van der Waals surface area contributed by atoms with Crippen molar-refractivity contribution in [2.75, 3.05) is 12.4 Å². The molecule has 0 aliphatic carbocycles. The maximum absolute atomic E-state index is 13.1. The summed E-state index contributed by atoms with van der Waals surface area (Å²) < 4.78 is 6.47. The van der Waals surface area contributed by atoms with Gasteiger partial charge < -0.3 is 10.1 Å². The minimum Gasteiger partial charge on any atom is -0.497 e. The van der Waals surface area contributed by atoms with E-state index in [9.17, 15) is 4.79 Å². The SMILES string of the molecule is COc1ccc(-c2nc(NCc3cccs3)n(C(=O)c3cccc(Cl)c3)n2)cc1. The highest BCUT2D eigenvalue weighted by Crippen LogP contribution is 2.23. The number of carbonyl (C=O) groups excluding carboxylic acids is 1. The summed E-state index contributed by atoms with van der Waals surface area (Å²) in [5.74, 6) is 1.23. The monoisotopic (exact) mass is 424 g/mol. The Balaban J connectivity index is 1.70. The van der Waals surface area contributed by atoms with Gasteiger partial charge in [0.15, 0.2) is 5.82 Å². The summed E-state index contributed by atoms with van der Waals surface area (Å²) in [6.45, 7) is 0.543. The molecule has 6 nitrogen and oxygen atoms in total. The third-order valence-electron chi connectivity index (χ3n) is 4.22. The Kier molecular flexibility index (Phi) is 5.59. The topological polar surface area (TPSA) is 69.0 Å². The van der Waals surface area contributed by atoms with Gasteiger partial charge in [0, 0.05) is 21.0 Å². The molecule has 0 amide bonds. The molecular formula is C21H17ClN4O2S. The molecule has 2 aromatic carbocycles. The van der Waals surface area contributed by atoms with E-state index in [4.69, 9.17) is 16.3 Å². The van der Waals surface area contributed by atoms with Crippen LogP contribution < -0.4 is 10.1 Å². The van der Waals surface area contributed by atoms with Crippen molar-refractivity contribution in [3.05, 3.63) is 81.5 Å². The molecular weight excluding hydrogens is 408 g/mol. The molecule has 0 atom stereocenters. The Morgan fingerprint density at radius 3 is 2.69 bits per heavy atom. The Labute approximate surface area is 176 Å². The Morgan fingerprint density at radius 2 is 2.00 bits per heavy atom. The van der Waals surface area contributed by atoms with Crippen LogP contribution in [0.4, 0.5) is 5.95 Å². The van der Waals surface area contributed by atoms with Gasteiger partial charge in [0.05, 0.1) is 13.7 Å². The van der Waals surface area contributed by atoms with Crippen LogP contribution in [0.3, 0.4) is 0 Å². The van der Waals surface area contributed by atoms with Crippen LogP contribution in [0, 0.1) is 0 Å². The fourth-order valence-corrected chi connectivity index (χ4v) is 3.59. The van der Waals surface area contributed by atoms with E-state index in [1.54, 1.807) is 42.7 Å². The molecule has 2 heterocycles. The van der Waals surface area contributed by atoms with Gasteiger partial charge in [-0.15, -0.1) is 16.4 Å². The maximum atomic E-state index is 13.1. The lowest BCUT2D eigenvalue weighted by Crippen LogP contribution is -2.17. The average molecular weight is 425 g/mol. The van der Waals surface area contributed by atoms with Crippen LogP contribution in [0.5, 0.6) is 5.75 Å². The molecule has 0 saturated heterocycles. The van der Waals surface area contributed by atoms with Gasteiger partial charge in [-0.3, -0.25) is 4.79 Å². The summed E-state index contributed by atoms with van der Waals surface area (Å²) >= 11 is 7.68. The lowest BCUT2D eigenvalue weighted by molar-refractivity contribution is 0.0947. The normalized spacial score (nSPS) is 10.7. The van der Waals surface area contributed by atoms with Crippen LogP contribution in [0.15, 0.2) is 66.0 Å². The molecule has 0 radical (unpaired) electrons. The predicted octanol–water partition coefficient (Wildman–Crippen LogP) is 4.97. The van der Waals surface area contributed by atoms with Crippen LogP contribution in [-0.2, 0) is 6.54 Å². The van der Waals surface area contributed by atoms with Crippen molar-refractivity contribution in [2.24, 2.45) is 0 Å². The minimum atomic E-state index is -0.312. The smallest absolute Gasteiger partial charge is 0.281 e. The van der Waals surface area contributed by atoms with E-state index in [0.717, 1.165) is 16.2 Å². The fourth-order valence-electron chi connectivity index (χ4n) is 2.75. The first kappa shape index (κ1) is 19.2. The molecule has 0 aliphatic heterocycles. The number of hydrogen-bond acceptors (Lipinski definition) is 6. The zero-order chi connectivity index (χ0) is 20.2. The fraction of sp³-hybridized carbons (Fsp3) is 0.0952. The van der Waals surface area contributed by atoms with Gasteiger partial charge >= 0.3 is 0 Å². The second-order valence-corrected chi connectivity index (χ2v) is 7.62. The van der Waals surface area contributed by atoms with Gasteiger partial charge in [0.1, 0.15) is 5.75 Å². The van der Waals surface area contributed by atoms with Crippen LogP contribution in [0.25, 0.3) is 11.4 Å². The summed E-state index contributed by atoms with van der Waals surface area (Å²) in [6.07, 6.45) is 0. The average Bonchev–Trinajstić information content (AvgIpc) is 3.41. The second kappa shape index (κ2) is 8.46. The van der Waals surface area contributed by atoms with Crippen molar-refractivity contribution in [1.82, 2.24) is 14.8 Å². The van der Waals surface area contributed by atoms with E-state index >= 15 is 0 Å². The van der Waals surface area contributed by atoms with Gasteiger partial charge in [-0.2, -0.15) is 9.67 Å². The lowest BCUT2D eigenvalue weighted by Gasteiger charge is -2.06. The molecule has 4 rings (SSSR count). The van der Waals surface area contributed by atoms with Crippen molar-refractivity contribution in [1.29, 1.82) is 0 Å². The van der Waals surface area contributed by atoms with Crippen molar-refractivity contribution in [3.63, 3.8) is 0 Å². The number of hydrogen-bond donors (Lipinski definition) is 1. The maximum Gasteiger partial charge on any atom is 0.281 e. The first-order chi connectivity index (χ1) is 14.1. The second-order valence-electron chi connectivity index (χ2n) is 6.15. The number of rotatable bonds is 6. The number of halogens is 1. The van der Waals surface area contributed by atoms with Crippen molar-refractivity contribution in [3.8, 4) is 17.1 Å². The third kappa shape index (κ3) is 4.31. The molecule has 146 valence electrons. The van der Waals surface area contributed by atoms with E-state index in [1.165, 1.54) is 4.68 Å². The van der Waals surface area contributed by atoms with E-state index in [0.29, 0.717) is 28.9 Å². The zero-order valence-electron chi connectivity index (χ0n) is 15.5. The molecule has 0 spiro atoms. The standard InChI is InChI=1S/C21H17ClN4O2S/c1-28-17-9-7-14(8-10-17)19-24-21(23-13-18-6-3-11-29-18)26(25-19)20(27)15-4-2-5-16(22)12-15/h2-12H,13H2,1H3,(H,23,24,25). The van der Waals surface area contributed by atoms with E-state index < -0.39 is 0 Å². The third-order valence-corrected chi connectivity index (χ3v) is 5.33. The van der Waals surface area contributed by atoms with Crippen LogP contribution >= 0.6 is 22.9 Å². The Morgan fingerprint density at radius 1 is 1.17 bits per heavy atom. The zero-order valence-corrected chi connectivity index (χ0v) is 17.1. The molecule has 0 bridgehead atoms. The quantitative estimate of drug-likeness (QED) is 0.473. The highest BCUT2D eigenvalue weighted by Gasteiger charge is 2.19. The number of benzene rings is 2. The van der Waals surface area contributed by atoms with Gasteiger partial charge in [-0.1, -0.05) is 23.7 Å². The number of aromatic nitrogens is 3. The number of thiophene rings is 1. The molecule has 29 heavy (non-hydrogen) atoms. The molecule has 8 heteroatoms. The van der Waals surface area contributed by atoms with Crippen molar-refractivity contribution >= 4 is 34.8 Å². The summed E-state index contributed by atoms with van der Waals surface area (Å²) in [5.41, 5.74) is 1.21. The van der Waals surface area contributed by atoms with Crippen molar-refractivity contribution in [2.45, 2.75) is 6.54 Å². The molecule has 0 unspecified atom stereocenters. The number of nitrogens with one attached hydrogen (secondary N) is 1. The van der Waals surface area contributed by atoms with Crippen LogP contribution in [0.2, 0.25) is 5.02 Å². The van der Waals surface area contributed by atoms with Crippen molar-refractivity contribution < 1.29 is 9.53 Å². The summed E-state index contributed by atoms with van der Waals surface area (Å²) in [4.78, 5) is 18.8. The summed E-state index contributed by atoms with van der Waals surface area (Å²) in [7, 11) is 1.61. The van der Waals surface area contributed by atoms with Crippen LogP contribution in [0.1, 0.15) is 15.2 Å². The number of ether oxygens (including phenoxy) is 1. The summed E-state index contributed by atoms with van der Waals surface area (Å²) in [5, 5.41) is 10.2. The Hall–Kier alpha value is -3.16. The highest BCUT2D eigenvalue weighted by atomic mass is 35.5. The first-order valence-corrected chi connectivity index (χ1v) is 10.1.